The van der Waals surface area contributed by atoms with Crippen LogP contribution in [0, 0.1) is 6.92 Å². The maximum Gasteiger partial charge on any atom is 0.287 e. The van der Waals surface area contributed by atoms with Crippen LogP contribution < -0.4 is 10.6 Å². The molecule has 0 atom stereocenters. The number of carbonyl (C=O) groups excluding carboxylic acids is 7. The van der Waals surface area contributed by atoms with Crippen molar-refractivity contribution in [3.63, 3.8) is 0 Å². The van der Waals surface area contributed by atoms with Gasteiger partial charge in [-0.1, -0.05) is 0 Å². The van der Waals surface area contributed by atoms with Gasteiger partial charge >= 0.3 is 0 Å². The Balaban J connectivity index is 0.00000720. The number of rotatable bonds is 20. The molecule has 1 radical (unpaired) electrons. The predicted molar refractivity (Wildman–Crippen MR) is 199 cm³/mol. The molecule has 5 aromatic rings. The fourth-order valence-corrected chi connectivity index (χ4v) is 6.04. The van der Waals surface area contributed by atoms with Gasteiger partial charge in [0.05, 0.1) is 42.1 Å². The Morgan fingerprint density at radius 1 is 0.544 bits per heavy atom. The van der Waals surface area contributed by atoms with Gasteiger partial charge in [0.25, 0.3) is 5.91 Å². The molecule has 297 valence electrons. The Bertz CT molecular complexity index is 2360. The van der Waals surface area contributed by atoms with E-state index >= 15 is 0 Å². The van der Waals surface area contributed by atoms with Gasteiger partial charge in [-0.2, -0.15) is 6.92 Å². The van der Waals surface area contributed by atoms with Crippen molar-refractivity contribution in [1.29, 1.82) is 0 Å². The quantitative estimate of drug-likeness (QED) is 0.0822. The number of aromatic nitrogens is 10. The number of ketones is 6. The molecule has 5 rings (SSSR count). The molecule has 0 fully saturated rings. The van der Waals surface area contributed by atoms with Crippen LogP contribution in [0.4, 0.5) is 5.82 Å². The summed E-state index contributed by atoms with van der Waals surface area (Å²) in [4.78, 5) is 109. The first-order valence-electron chi connectivity index (χ1n) is 17.6. The molecule has 0 aliphatic heterocycles. The minimum absolute atomic E-state index is 0. The number of nitrogens with zero attached hydrogens (tertiary/aromatic N) is 10. The zero-order chi connectivity index (χ0) is 40.8. The monoisotopic (exact) mass is 856 g/mol. The SMILES string of the molecule is [CH2-]C(=O)c1nc(CC(=O)CCNC(=O)c2nc(CC(=O)c3nc(CC(=O)c4nc(CC(=O)c5nc(NCCC(C)=O)cn5C)cn4C)cn3C)cn2C)cn1C.[Y]. The Morgan fingerprint density at radius 3 is 1.42 bits per heavy atom. The minimum atomic E-state index is -0.526. The van der Waals surface area contributed by atoms with E-state index in [2.05, 4.69) is 42.5 Å². The average molecular weight is 857 g/mol. The molecule has 1 amide bonds. The van der Waals surface area contributed by atoms with Gasteiger partial charge in [0.1, 0.15) is 17.4 Å². The van der Waals surface area contributed by atoms with E-state index in [0.717, 1.165) is 0 Å². The summed E-state index contributed by atoms with van der Waals surface area (Å²) >= 11 is 0. The van der Waals surface area contributed by atoms with E-state index in [9.17, 15) is 33.6 Å². The van der Waals surface area contributed by atoms with Crippen LogP contribution in [0.2, 0.25) is 0 Å². The van der Waals surface area contributed by atoms with Crippen LogP contribution in [0.25, 0.3) is 0 Å². The number of hydrogen-bond acceptors (Lipinski definition) is 13. The van der Waals surface area contributed by atoms with Gasteiger partial charge in [0.15, 0.2) is 23.3 Å². The number of anilines is 1. The molecule has 19 nitrogen and oxygen atoms in total. The number of imidazole rings is 5. The van der Waals surface area contributed by atoms with Crippen molar-refractivity contribution in [2.45, 2.75) is 45.4 Å². The second-order valence-corrected chi connectivity index (χ2v) is 13.6. The predicted octanol–water partition coefficient (Wildman–Crippen LogP) is 0.967. The maximum absolute atomic E-state index is 13.3. The molecule has 0 unspecified atom stereocenters. The molecular formula is C37H43N12O7Y-. The summed E-state index contributed by atoms with van der Waals surface area (Å²) in [6.45, 7) is 5.28. The molecule has 0 aliphatic rings. The van der Waals surface area contributed by atoms with Gasteiger partial charge in [-0.15, -0.1) is 0 Å². The third kappa shape index (κ3) is 11.2. The molecule has 5 aromatic heterocycles. The Kier molecular flexibility index (Phi) is 14.7. The standard InChI is InChI=1S/C37H43N12O7.Y/c1-21(50)8-10-38-31-20-49(7)35(44-31)30(55)14-25-18-47(5)33(42-25)28(53)13-24-17-46(4)34(41-24)29(54)15-26-19-48(6)36(43-26)37(56)39-11-9-27(52)12-23-16-45(3)32(40-23)22(2)51;/h16-20,38H,2,8-15H2,1,3-7H3,(H,39,56);/q-1;. The van der Waals surface area contributed by atoms with Crippen LogP contribution in [0.5, 0.6) is 0 Å². The van der Waals surface area contributed by atoms with Gasteiger partial charge in [0, 0.05) is 136 Å². The molecule has 0 saturated heterocycles. The summed E-state index contributed by atoms with van der Waals surface area (Å²) < 4.78 is 7.62. The smallest absolute Gasteiger partial charge is 0.287 e. The van der Waals surface area contributed by atoms with Crippen LogP contribution in [-0.2, 0) is 103 Å². The van der Waals surface area contributed by atoms with Crippen LogP contribution in [0.15, 0.2) is 31.0 Å². The second-order valence-electron chi connectivity index (χ2n) is 13.6. The van der Waals surface area contributed by atoms with Crippen molar-refractivity contribution in [2.24, 2.45) is 35.2 Å². The third-order valence-electron chi connectivity index (χ3n) is 8.66. The Hall–Kier alpha value is -5.69. The molecule has 20 heteroatoms. The van der Waals surface area contributed by atoms with Gasteiger partial charge in [-0.3, -0.25) is 28.8 Å². The van der Waals surface area contributed by atoms with Gasteiger partial charge in [-0.05, 0) is 14.0 Å². The number of Topliss-reactive ketones (excluding diaryl/α,β-unsaturated/α-hetero) is 6. The normalized spacial score (nSPS) is 10.9. The van der Waals surface area contributed by atoms with Crippen molar-refractivity contribution in [1.82, 2.24) is 53.1 Å². The van der Waals surface area contributed by atoms with E-state index in [0.29, 0.717) is 41.6 Å². The summed E-state index contributed by atoms with van der Waals surface area (Å²) in [5, 5.41) is 5.69. The van der Waals surface area contributed by atoms with Crippen molar-refractivity contribution in [3.05, 3.63) is 89.8 Å². The molecule has 0 saturated carbocycles. The zero-order valence-corrected chi connectivity index (χ0v) is 35.5. The van der Waals surface area contributed by atoms with Crippen molar-refractivity contribution >= 4 is 46.4 Å². The van der Waals surface area contributed by atoms with Crippen molar-refractivity contribution in [3.8, 4) is 0 Å². The van der Waals surface area contributed by atoms with E-state index in [-0.39, 0.29) is 129 Å². The topological polar surface area (TPSA) is 233 Å². The molecule has 2 N–H and O–H groups in total. The first-order chi connectivity index (χ1) is 26.5. The molecule has 5 heterocycles. The molecule has 0 aliphatic carbocycles. The van der Waals surface area contributed by atoms with Crippen molar-refractivity contribution in [2.75, 3.05) is 18.4 Å². The number of hydrogen-bond donors (Lipinski definition) is 2. The summed E-state index contributed by atoms with van der Waals surface area (Å²) in [6, 6.07) is 0. The first kappa shape index (κ1) is 44.0. The molecule has 57 heavy (non-hydrogen) atoms. The molecule has 0 spiro atoms. The largest absolute Gasteiger partial charge is 0.409 e. The van der Waals surface area contributed by atoms with Crippen LogP contribution >= 0.6 is 0 Å². The number of aryl methyl sites for hydroxylation is 5. The summed E-state index contributed by atoms with van der Waals surface area (Å²) in [5.41, 5.74) is 1.48. The Labute approximate surface area is 352 Å². The summed E-state index contributed by atoms with van der Waals surface area (Å²) in [7, 11) is 8.22. The van der Waals surface area contributed by atoms with E-state index in [1.807, 2.05) is 0 Å². The van der Waals surface area contributed by atoms with Gasteiger partial charge in [0.2, 0.25) is 17.3 Å². The molecular weight excluding hydrogens is 813 g/mol. The summed E-state index contributed by atoms with van der Waals surface area (Å²) in [6.07, 6.45) is 7.94. The Morgan fingerprint density at radius 2 is 0.947 bits per heavy atom. The van der Waals surface area contributed by atoms with Gasteiger partial charge in [-0.25, -0.2) is 19.9 Å². The summed E-state index contributed by atoms with van der Waals surface area (Å²) in [5.74, 6) is -1.07. The van der Waals surface area contributed by atoms with E-state index < -0.39 is 11.7 Å². The third-order valence-corrected chi connectivity index (χ3v) is 8.66. The number of amides is 1. The van der Waals surface area contributed by atoms with E-state index in [4.69, 9.17) is 0 Å². The average Bonchev–Trinajstić information content (AvgIpc) is 3.93. The fourth-order valence-electron chi connectivity index (χ4n) is 6.04. The van der Waals surface area contributed by atoms with Crippen LogP contribution in [0.1, 0.15) is 95.6 Å². The number of carbonyl (C=O) groups is 7. The van der Waals surface area contributed by atoms with Crippen LogP contribution in [-0.4, -0.2) is 101 Å². The number of nitrogens with one attached hydrogen (secondary N) is 2. The fraction of sp³-hybridized carbons (Fsp3) is 0.378. The zero-order valence-electron chi connectivity index (χ0n) is 32.7. The van der Waals surface area contributed by atoms with Gasteiger partial charge < -0.3 is 43.2 Å². The van der Waals surface area contributed by atoms with Crippen molar-refractivity contribution < 1.29 is 66.3 Å². The second kappa shape index (κ2) is 19.0. The van der Waals surface area contributed by atoms with Crippen LogP contribution in [0.3, 0.4) is 0 Å². The first-order valence-corrected chi connectivity index (χ1v) is 17.6. The minimum Gasteiger partial charge on any atom is -0.409 e. The van der Waals surface area contributed by atoms with E-state index in [1.54, 1.807) is 70.8 Å². The maximum atomic E-state index is 13.3. The molecule has 0 aromatic carbocycles. The molecule has 0 bridgehead atoms. The van der Waals surface area contributed by atoms with E-state index in [1.165, 1.54) is 25.2 Å².